The molecule has 0 saturated heterocycles. The quantitative estimate of drug-likeness (QED) is 0.758. The van der Waals surface area contributed by atoms with Gasteiger partial charge in [-0.2, -0.15) is 0 Å². The summed E-state index contributed by atoms with van der Waals surface area (Å²) in [6, 6.07) is 13.6. The molecule has 0 heterocycles. The van der Waals surface area contributed by atoms with Gasteiger partial charge >= 0.3 is 5.97 Å². The number of rotatable bonds is 5. The second kappa shape index (κ2) is 7.99. The molecule has 120 valence electrons. The summed E-state index contributed by atoms with van der Waals surface area (Å²) < 4.78 is 5.06. The highest BCUT2D eigenvalue weighted by Gasteiger charge is 2.18. The fraction of sp³-hybridized carbons (Fsp3) is 0.176. The Bertz CT molecular complexity index is 704. The molecule has 0 fully saturated rings. The van der Waals surface area contributed by atoms with E-state index >= 15 is 0 Å². The van der Waals surface area contributed by atoms with Gasteiger partial charge in [-0.15, -0.1) is 0 Å². The lowest BCUT2D eigenvalue weighted by atomic mass is 10.2. The van der Waals surface area contributed by atoms with Gasteiger partial charge in [-0.3, -0.25) is 4.79 Å². The van der Waals surface area contributed by atoms with E-state index in [9.17, 15) is 9.59 Å². The van der Waals surface area contributed by atoms with Gasteiger partial charge in [0.25, 0.3) is 5.91 Å². The number of amides is 1. The van der Waals surface area contributed by atoms with Crippen LogP contribution < -0.4 is 4.90 Å². The highest BCUT2D eigenvalue weighted by atomic mass is 35.5. The Hall–Kier alpha value is -2.04. The number of nitrogens with zero attached hydrogens (tertiary/aromatic N) is 1. The first-order valence-electron chi connectivity index (χ1n) is 7.00. The highest BCUT2D eigenvalue weighted by Crippen LogP contribution is 2.21. The molecule has 0 aromatic heterocycles. The van der Waals surface area contributed by atoms with Gasteiger partial charge in [-0.05, 0) is 37.3 Å². The molecule has 4 nitrogen and oxygen atoms in total. The Labute approximate surface area is 144 Å². The van der Waals surface area contributed by atoms with E-state index in [1.165, 1.54) is 23.1 Å². The average Bonchev–Trinajstić information content (AvgIpc) is 2.54. The minimum atomic E-state index is -0.663. The van der Waals surface area contributed by atoms with Gasteiger partial charge in [0.1, 0.15) is 0 Å². The molecule has 0 spiro atoms. The molecule has 0 atom stereocenters. The lowest BCUT2D eigenvalue weighted by Crippen LogP contribution is -2.34. The minimum absolute atomic E-state index is 0.173. The van der Waals surface area contributed by atoms with Crippen molar-refractivity contribution in [3.05, 3.63) is 64.1 Å². The van der Waals surface area contributed by atoms with Crippen molar-refractivity contribution in [3.63, 3.8) is 0 Å². The van der Waals surface area contributed by atoms with Gasteiger partial charge in [-0.1, -0.05) is 41.4 Å². The zero-order chi connectivity index (χ0) is 16.8. The van der Waals surface area contributed by atoms with Crippen LogP contribution in [0.3, 0.4) is 0 Å². The summed E-state index contributed by atoms with van der Waals surface area (Å²) in [5.41, 5.74) is 0.923. The third-order valence-corrected chi connectivity index (χ3v) is 3.71. The van der Waals surface area contributed by atoms with Crippen molar-refractivity contribution in [3.8, 4) is 0 Å². The van der Waals surface area contributed by atoms with Crippen LogP contribution in [-0.2, 0) is 9.53 Å². The van der Waals surface area contributed by atoms with Crippen LogP contribution in [0.25, 0.3) is 0 Å². The Morgan fingerprint density at radius 2 is 1.78 bits per heavy atom. The number of carbonyl (C=O) groups is 2. The lowest BCUT2D eigenvalue weighted by molar-refractivity contribution is -0.121. The summed E-state index contributed by atoms with van der Waals surface area (Å²) in [6.45, 7) is 1.96. The summed E-state index contributed by atoms with van der Waals surface area (Å²) >= 11 is 11.7. The van der Waals surface area contributed by atoms with Crippen molar-refractivity contribution in [2.75, 3.05) is 18.1 Å². The fourth-order valence-corrected chi connectivity index (χ4v) is 2.53. The Morgan fingerprint density at radius 3 is 2.39 bits per heavy atom. The number of benzene rings is 2. The number of hydrogen-bond acceptors (Lipinski definition) is 3. The summed E-state index contributed by atoms with van der Waals surface area (Å²) in [5, 5.41) is 0.606. The SMILES string of the molecule is CCN(C(=O)COC(=O)c1ccc(Cl)cc1Cl)c1ccccc1. The number of ether oxygens (including phenoxy) is 1. The maximum absolute atomic E-state index is 12.2. The first-order valence-corrected chi connectivity index (χ1v) is 7.76. The van der Waals surface area contributed by atoms with Crippen LogP contribution in [-0.4, -0.2) is 25.0 Å². The molecule has 0 aliphatic rings. The van der Waals surface area contributed by atoms with Crippen LogP contribution in [0.1, 0.15) is 17.3 Å². The van der Waals surface area contributed by atoms with Crippen molar-refractivity contribution in [1.29, 1.82) is 0 Å². The van der Waals surface area contributed by atoms with E-state index in [2.05, 4.69) is 0 Å². The maximum atomic E-state index is 12.2. The van der Waals surface area contributed by atoms with E-state index in [0.29, 0.717) is 11.6 Å². The van der Waals surface area contributed by atoms with Gasteiger partial charge in [0.15, 0.2) is 6.61 Å². The predicted molar refractivity (Wildman–Crippen MR) is 91.2 cm³/mol. The highest BCUT2D eigenvalue weighted by molar-refractivity contribution is 6.36. The Balaban J connectivity index is 2.01. The van der Waals surface area contributed by atoms with E-state index in [4.69, 9.17) is 27.9 Å². The molecule has 0 saturated carbocycles. The third kappa shape index (κ3) is 4.47. The van der Waals surface area contributed by atoms with Crippen LogP contribution >= 0.6 is 23.2 Å². The number of hydrogen-bond donors (Lipinski definition) is 0. The van der Waals surface area contributed by atoms with E-state index in [0.717, 1.165) is 5.69 Å². The second-order valence-electron chi connectivity index (χ2n) is 4.67. The van der Waals surface area contributed by atoms with E-state index in [-0.39, 0.29) is 23.1 Å². The number of carbonyl (C=O) groups excluding carboxylic acids is 2. The first kappa shape index (κ1) is 17.3. The average molecular weight is 352 g/mol. The van der Waals surface area contributed by atoms with E-state index in [1.54, 1.807) is 0 Å². The van der Waals surface area contributed by atoms with Crippen molar-refractivity contribution < 1.29 is 14.3 Å². The van der Waals surface area contributed by atoms with Gasteiger partial charge in [-0.25, -0.2) is 4.79 Å². The minimum Gasteiger partial charge on any atom is -0.452 e. The standard InChI is InChI=1S/C17H15Cl2NO3/c1-2-20(13-6-4-3-5-7-13)16(21)11-23-17(22)14-9-8-12(18)10-15(14)19/h3-10H,2,11H2,1H3. The monoisotopic (exact) mass is 351 g/mol. The lowest BCUT2D eigenvalue weighted by Gasteiger charge is -2.20. The van der Waals surface area contributed by atoms with Crippen molar-refractivity contribution in [1.82, 2.24) is 0 Å². The topological polar surface area (TPSA) is 46.6 Å². The molecule has 0 N–H and O–H groups in total. The molecule has 0 aliphatic heterocycles. The predicted octanol–water partition coefficient (Wildman–Crippen LogP) is 4.20. The number of esters is 1. The van der Waals surface area contributed by atoms with Crippen LogP contribution in [0.5, 0.6) is 0 Å². The number of likely N-dealkylation sites (N-methyl/N-ethyl adjacent to an activating group) is 1. The Morgan fingerprint density at radius 1 is 1.09 bits per heavy atom. The molecular weight excluding hydrogens is 337 g/mol. The second-order valence-corrected chi connectivity index (χ2v) is 5.52. The zero-order valence-corrected chi connectivity index (χ0v) is 14.0. The molecule has 0 radical (unpaired) electrons. The van der Waals surface area contributed by atoms with Gasteiger partial charge < -0.3 is 9.64 Å². The number of para-hydroxylation sites is 1. The van der Waals surface area contributed by atoms with Crippen LogP contribution in [0.4, 0.5) is 5.69 Å². The fourth-order valence-electron chi connectivity index (χ4n) is 2.05. The van der Waals surface area contributed by atoms with E-state index < -0.39 is 5.97 Å². The zero-order valence-electron chi connectivity index (χ0n) is 12.5. The van der Waals surface area contributed by atoms with Gasteiger partial charge in [0.2, 0.25) is 0 Å². The molecule has 23 heavy (non-hydrogen) atoms. The van der Waals surface area contributed by atoms with Crippen LogP contribution in [0, 0.1) is 0 Å². The smallest absolute Gasteiger partial charge is 0.340 e. The van der Waals surface area contributed by atoms with Crippen molar-refractivity contribution in [2.24, 2.45) is 0 Å². The summed E-state index contributed by atoms with van der Waals surface area (Å²) in [7, 11) is 0. The largest absolute Gasteiger partial charge is 0.452 e. The van der Waals surface area contributed by atoms with E-state index in [1.807, 2.05) is 37.3 Å². The van der Waals surface area contributed by atoms with Crippen molar-refractivity contribution in [2.45, 2.75) is 6.92 Å². The summed E-state index contributed by atoms with van der Waals surface area (Å²) in [4.78, 5) is 25.8. The summed E-state index contributed by atoms with van der Waals surface area (Å²) in [5.74, 6) is -0.971. The number of anilines is 1. The molecule has 2 rings (SSSR count). The molecular formula is C17H15Cl2NO3. The Kier molecular flexibility index (Phi) is 6.02. The van der Waals surface area contributed by atoms with Crippen molar-refractivity contribution >= 4 is 40.8 Å². The summed E-state index contributed by atoms with van der Waals surface area (Å²) in [6.07, 6.45) is 0. The molecule has 6 heteroatoms. The van der Waals surface area contributed by atoms with Crippen LogP contribution in [0.2, 0.25) is 10.0 Å². The van der Waals surface area contributed by atoms with Gasteiger partial charge in [0, 0.05) is 17.3 Å². The molecule has 2 aromatic rings. The molecule has 2 aromatic carbocycles. The normalized spacial score (nSPS) is 10.2. The first-order chi connectivity index (χ1) is 11.0. The molecule has 1 amide bonds. The molecule has 0 unspecified atom stereocenters. The third-order valence-electron chi connectivity index (χ3n) is 3.16. The molecule has 0 bridgehead atoms. The maximum Gasteiger partial charge on any atom is 0.340 e. The van der Waals surface area contributed by atoms with Gasteiger partial charge in [0.05, 0.1) is 10.6 Å². The molecule has 0 aliphatic carbocycles. The van der Waals surface area contributed by atoms with Crippen LogP contribution in [0.15, 0.2) is 48.5 Å². The number of halogens is 2.